The highest BCUT2D eigenvalue weighted by atomic mass is 16.3. The van der Waals surface area contributed by atoms with E-state index in [1.807, 2.05) is 0 Å². The van der Waals surface area contributed by atoms with Gasteiger partial charge in [-0.15, -0.1) is 0 Å². The van der Waals surface area contributed by atoms with Crippen LogP contribution in [-0.4, -0.2) is 17.8 Å². The van der Waals surface area contributed by atoms with Gasteiger partial charge in [-0.3, -0.25) is 0 Å². The topological polar surface area (TPSA) is 46.2 Å². The van der Waals surface area contributed by atoms with Crippen LogP contribution in [0.2, 0.25) is 0 Å². The summed E-state index contributed by atoms with van der Waals surface area (Å²) in [7, 11) is 0. The van der Waals surface area contributed by atoms with Gasteiger partial charge in [0.15, 0.2) is 0 Å². The first kappa shape index (κ1) is 10.4. The highest BCUT2D eigenvalue weighted by molar-refractivity contribution is 5.59. The molecule has 1 atom stereocenters. The van der Waals surface area contributed by atoms with Gasteiger partial charge in [0.2, 0.25) is 0 Å². The SMILES string of the molecule is NCC(O)CC1=Cc2ccccc2CC1. The number of fused-ring (bicyclic) bond motifs is 1. The molecule has 1 aromatic carbocycles. The fourth-order valence-corrected chi connectivity index (χ4v) is 2.04. The van der Waals surface area contributed by atoms with Crippen LogP contribution in [-0.2, 0) is 6.42 Å². The van der Waals surface area contributed by atoms with Gasteiger partial charge in [0, 0.05) is 6.54 Å². The molecule has 0 saturated carbocycles. The Hall–Kier alpha value is -1.12. The molecule has 0 aromatic heterocycles. The van der Waals surface area contributed by atoms with Gasteiger partial charge in [-0.2, -0.15) is 0 Å². The van der Waals surface area contributed by atoms with E-state index < -0.39 is 0 Å². The molecule has 0 aliphatic heterocycles. The van der Waals surface area contributed by atoms with E-state index in [4.69, 9.17) is 5.73 Å². The predicted octanol–water partition coefficient (Wildman–Crippen LogP) is 1.73. The van der Waals surface area contributed by atoms with E-state index in [1.165, 1.54) is 16.7 Å². The predicted molar refractivity (Wildman–Crippen MR) is 62.4 cm³/mol. The maximum Gasteiger partial charge on any atom is 0.0699 e. The number of nitrogens with two attached hydrogens (primary N) is 1. The van der Waals surface area contributed by atoms with Crippen LogP contribution in [0.25, 0.3) is 6.08 Å². The molecule has 1 aliphatic carbocycles. The van der Waals surface area contributed by atoms with Crippen LogP contribution in [0.15, 0.2) is 29.8 Å². The van der Waals surface area contributed by atoms with Gasteiger partial charge >= 0.3 is 0 Å². The van der Waals surface area contributed by atoms with Crippen molar-refractivity contribution in [1.82, 2.24) is 0 Å². The third-order valence-corrected chi connectivity index (χ3v) is 2.90. The summed E-state index contributed by atoms with van der Waals surface area (Å²) in [5.74, 6) is 0. The molecule has 2 rings (SSSR count). The zero-order chi connectivity index (χ0) is 10.7. The number of aryl methyl sites for hydroxylation is 1. The second-order valence-corrected chi connectivity index (χ2v) is 4.10. The number of rotatable bonds is 3. The third kappa shape index (κ3) is 2.46. The zero-order valence-electron chi connectivity index (χ0n) is 8.82. The molecule has 15 heavy (non-hydrogen) atoms. The fraction of sp³-hybridized carbons (Fsp3) is 0.385. The molecule has 80 valence electrons. The monoisotopic (exact) mass is 203 g/mol. The lowest BCUT2D eigenvalue weighted by Gasteiger charge is -2.18. The van der Waals surface area contributed by atoms with Crippen molar-refractivity contribution in [2.45, 2.75) is 25.4 Å². The Morgan fingerprint density at radius 2 is 2.07 bits per heavy atom. The van der Waals surface area contributed by atoms with E-state index >= 15 is 0 Å². The van der Waals surface area contributed by atoms with Gasteiger partial charge in [-0.05, 0) is 30.4 Å². The lowest BCUT2D eigenvalue weighted by Crippen LogP contribution is -2.20. The van der Waals surface area contributed by atoms with Crippen LogP contribution in [0.1, 0.15) is 24.0 Å². The van der Waals surface area contributed by atoms with E-state index in [9.17, 15) is 5.11 Å². The van der Waals surface area contributed by atoms with Crippen LogP contribution in [0.3, 0.4) is 0 Å². The van der Waals surface area contributed by atoms with Crippen molar-refractivity contribution >= 4 is 6.08 Å². The molecular formula is C13H17NO. The average Bonchev–Trinajstić information content (AvgIpc) is 2.29. The summed E-state index contributed by atoms with van der Waals surface area (Å²) in [5.41, 5.74) is 9.42. The van der Waals surface area contributed by atoms with Crippen molar-refractivity contribution in [1.29, 1.82) is 0 Å². The van der Waals surface area contributed by atoms with Gasteiger partial charge in [0.1, 0.15) is 0 Å². The summed E-state index contributed by atoms with van der Waals surface area (Å²) in [6.45, 7) is 0.346. The Labute approximate surface area is 90.4 Å². The molecule has 0 spiro atoms. The minimum Gasteiger partial charge on any atom is -0.391 e. The standard InChI is InChI=1S/C13H17NO/c14-9-13(15)8-10-5-6-11-3-1-2-4-12(11)7-10/h1-4,7,13,15H,5-6,8-9,14H2. The highest BCUT2D eigenvalue weighted by Crippen LogP contribution is 2.25. The molecule has 3 N–H and O–H groups in total. The number of benzene rings is 1. The van der Waals surface area contributed by atoms with E-state index in [2.05, 4.69) is 30.3 Å². The zero-order valence-corrected chi connectivity index (χ0v) is 8.82. The average molecular weight is 203 g/mol. The number of aliphatic hydroxyl groups is 1. The second-order valence-electron chi connectivity index (χ2n) is 4.10. The Bertz CT molecular complexity index is 371. The molecule has 0 radical (unpaired) electrons. The Kier molecular flexibility index (Phi) is 3.19. The summed E-state index contributed by atoms with van der Waals surface area (Å²) < 4.78 is 0. The first-order chi connectivity index (χ1) is 7.29. The van der Waals surface area contributed by atoms with Gasteiger partial charge in [0.05, 0.1) is 6.10 Å². The van der Waals surface area contributed by atoms with E-state index in [1.54, 1.807) is 0 Å². The summed E-state index contributed by atoms with van der Waals surface area (Å²) in [6, 6.07) is 8.43. The molecule has 2 nitrogen and oxygen atoms in total. The smallest absolute Gasteiger partial charge is 0.0699 e. The van der Waals surface area contributed by atoms with E-state index in [0.717, 1.165) is 12.8 Å². The lowest BCUT2D eigenvalue weighted by atomic mass is 9.90. The molecule has 1 unspecified atom stereocenters. The number of hydrogen-bond donors (Lipinski definition) is 2. The summed E-state index contributed by atoms with van der Waals surface area (Å²) >= 11 is 0. The summed E-state index contributed by atoms with van der Waals surface area (Å²) in [6.07, 6.45) is 4.65. The summed E-state index contributed by atoms with van der Waals surface area (Å²) in [4.78, 5) is 0. The maximum absolute atomic E-state index is 9.49. The van der Waals surface area contributed by atoms with Crippen molar-refractivity contribution in [3.05, 3.63) is 41.0 Å². The highest BCUT2D eigenvalue weighted by Gasteiger charge is 2.12. The van der Waals surface area contributed by atoms with Crippen LogP contribution in [0.4, 0.5) is 0 Å². The third-order valence-electron chi connectivity index (χ3n) is 2.90. The molecular weight excluding hydrogens is 186 g/mol. The van der Waals surface area contributed by atoms with Crippen LogP contribution in [0, 0.1) is 0 Å². The second kappa shape index (κ2) is 4.60. The minimum absolute atomic E-state index is 0.346. The number of aliphatic hydroxyl groups excluding tert-OH is 1. The maximum atomic E-state index is 9.49. The van der Waals surface area contributed by atoms with Crippen LogP contribution >= 0.6 is 0 Å². The van der Waals surface area contributed by atoms with Crippen molar-refractivity contribution in [2.75, 3.05) is 6.54 Å². The van der Waals surface area contributed by atoms with Crippen LogP contribution in [0.5, 0.6) is 0 Å². The lowest BCUT2D eigenvalue weighted by molar-refractivity contribution is 0.182. The first-order valence-corrected chi connectivity index (χ1v) is 5.45. The Morgan fingerprint density at radius 1 is 1.27 bits per heavy atom. The Morgan fingerprint density at radius 3 is 2.87 bits per heavy atom. The van der Waals surface area contributed by atoms with Crippen molar-refractivity contribution < 1.29 is 5.11 Å². The molecule has 0 bridgehead atoms. The van der Waals surface area contributed by atoms with E-state index in [0.29, 0.717) is 13.0 Å². The quantitative estimate of drug-likeness (QED) is 0.785. The molecule has 0 fully saturated rings. The normalized spacial score (nSPS) is 16.8. The van der Waals surface area contributed by atoms with Gasteiger partial charge in [-0.25, -0.2) is 0 Å². The summed E-state index contributed by atoms with van der Waals surface area (Å²) in [5, 5.41) is 9.49. The van der Waals surface area contributed by atoms with Crippen LogP contribution < -0.4 is 5.73 Å². The first-order valence-electron chi connectivity index (χ1n) is 5.45. The molecule has 0 heterocycles. The van der Waals surface area contributed by atoms with Gasteiger partial charge < -0.3 is 10.8 Å². The van der Waals surface area contributed by atoms with E-state index in [-0.39, 0.29) is 6.10 Å². The Balaban J connectivity index is 2.15. The van der Waals surface area contributed by atoms with Gasteiger partial charge in [0.25, 0.3) is 0 Å². The van der Waals surface area contributed by atoms with Gasteiger partial charge in [-0.1, -0.05) is 35.9 Å². The van der Waals surface area contributed by atoms with Crippen molar-refractivity contribution in [2.24, 2.45) is 5.73 Å². The molecule has 1 aliphatic rings. The molecule has 0 saturated heterocycles. The molecule has 2 heteroatoms. The molecule has 1 aromatic rings. The largest absolute Gasteiger partial charge is 0.391 e. The van der Waals surface area contributed by atoms with Crippen molar-refractivity contribution in [3.8, 4) is 0 Å². The number of hydrogen-bond acceptors (Lipinski definition) is 2. The molecule has 0 amide bonds. The fourth-order valence-electron chi connectivity index (χ4n) is 2.04. The van der Waals surface area contributed by atoms with Crippen molar-refractivity contribution in [3.63, 3.8) is 0 Å². The minimum atomic E-state index is -0.387.